The van der Waals surface area contributed by atoms with E-state index in [0.717, 1.165) is 28.7 Å². The Morgan fingerprint density at radius 1 is 1.08 bits per heavy atom. The van der Waals surface area contributed by atoms with Crippen LogP contribution in [0.15, 0.2) is 36.4 Å². The van der Waals surface area contributed by atoms with Crippen LogP contribution in [0.25, 0.3) is 0 Å². The van der Waals surface area contributed by atoms with Gasteiger partial charge >= 0.3 is 0 Å². The Labute approximate surface area is 224 Å². The molecular weight excluding hydrogens is 498 g/mol. The van der Waals surface area contributed by atoms with Crippen molar-refractivity contribution in [2.75, 3.05) is 19.6 Å². The number of carbonyl (C=O) groups is 3. The van der Waals surface area contributed by atoms with E-state index in [4.69, 9.17) is 11.5 Å². The minimum atomic E-state index is -0.917. The number of rotatable bonds is 8. The topological polar surface area (TPSA) is 197 Å². The van der Waals surface area contributed by atoms with Crippen molar-refractivity contribution in [2.24, 2.45) is 11.5 Å². The average molecular weight is 528 g/mol. The number of nitrogens with zero attached hydrogens (tertiary/aromatic N) is 5. The van der Waals surface area contributed by atoms with E-state index in [2.05, 4.69) is 32.0 Å². The number of tetrazole rings is 1. The molecule has 3 aromatic rings. The van der Waals surface area contributed by atoms with Gasteiger partial charge in [0.1, 0.15) is 6.04 Å². The molecule has 3 amide bonds. The van der Waals surface area contributed by atoms with Gasteiger partial charge in [-0.05, 0) is 85.2 Å². The first-order valence-electron chi connectivity index (χ1n) is 12.9. The maximum Gasteiger partial charge on any atom is 0.248 e. The van der Waals surface area contributed by atoms with E-state index in [1.165, 1.54) is 0 Å². The Hall–Kier alpha value is -4.63. The number of primary amides is 2. The number of hydrogen-bond acceptors (Lipinski definition) is 8. The predicted molar refractivity (Wildman–Crippen MR) is 139 cm³/mol. The average Bonchev–Trinajstić information content (AvgIpc) is 3.63. The molecule has 12 nitrogen and oxygen atoms in total. The van der Waals surface area contributed by atoms with Gasteiger partial charge in [-0.2, -0.15) is 10.5 Å². The third-order valence-electron chi connectivity index (χ3n) is 7.77. The molecule has 5 rings (SSSR count). The van der Waals surface area contributed by atoms with Crippen molar-refractivity contribution in [3.8, 4) is 6.07 Å². The van der Waals surface area contributed by atoms with Gasteiger partial charge in [0, 0.05) is 17.7 Å². The molecule has 39 heavy (non-hydrogen) atoms. The summed E-state index contributed by atoms with van der Waals surface area (Å²) in [4.78, 5) is 38.4. The first kappa shape index (κ1) is 26.0. The van der Waals surface area contributed by atoms with Crippen LogP contribution in [0.4, 0.5) is 0 Å². The highest BCUT2D eigenvalue weighted by Gasteiger charge is 2.44. The standard InChI is InChI=1S/C27H29N9O3/c28-14-20-2-1-11-36(20)23(37)15-31-10-9-27(26-32-34-35-33-26)21-7-5-18(24(29)38)12-16(21)3-4-17-13-19(25(30)39)6-8-22(17)27/h5-8,12-13,20,31H,1-4,9-11,15H2,(H2,29,38)(H2,30,39)(H,32,33,34,35)/t20-/m0/s1. The molecule has 0 unspecified atom stereocenters. The van der Waals surface area contributed by atoms with Gasteiger partial charge in [-0.1, -0.05) is 17.3 Å². The number of aromatic nitrogens is 4. The van der Waals surface area contributed by atoms with Crippen LogP contribution in [0.1, 0.15) is 68.1 Å². The van der Waals surface area contributed by atoms with Crippen LogP contribution in [0.3, 0.4) is 0 Å². The summed E-state index contributed by atoms with van der Waals surface area (Å²) in [6, 6.07) is 12.5. The molecule has 1 saturated heterocycles. The highest BCUT2D eigenvalue weighted by atomic mass is 16.2. The first-order chi connectivity index (χ1) is 18.8. The Balaban J connectivity index is 1.55. The number of nitrogens with one attached hydrogen (secondary N) is 2. The van der Waals surface area contributed by atoms with E-state index in [1.54, 1.807) is 29.2 Å². The number of nitriles is 1. The summed E-state index contributed by atoms with van der Waals surface area (Å²) < 4.78 is 0. The number of aromatic amines is 1. The van der Waals surface area contributed by atoms with Crippen LogP contribution in [-0.2, 0) is 23.1 Å². The third kappa shape index (κ3) is 4.72. The van der Waals surface area contributed by atoms with E-state index >= 15 is 0 Å². The van der Waals surface area contributed by atoms with E-state index < -0.39 is 17.2 Å². The lowest BCUT2D eigenvalue weighted by atomic mass is 9.69. The SMILES string of the molecule is N#C[C@@H]1CCCN1C(=O)CNCCC1(c2nn[nH]n2)c2ccc(C(N)=O)cc2CCc2cc(C(N)=O)ccc21. The van der Waals surface area contributed by atoms with E-state index in [9.17, 15) is 19.6 Å². The van der Waals surface area contributed by atoms with Gasteiger partial charge in [-0.3, -0.25) is 14.4 Å². The number of carbonyl (C=O) groups excluding carboxylic acids is 3. The fourth-order valence-electron chi connectivity index (χ4n) is 5.89. The normalized spacial score (nSPS) is 17.5. The monoisotopic (exact) mass is 527 g/mol. The lowest BCUT2D eigenvalue weighted by molar-refractivity contribution is -0.130. The summed E-state index contributed by atoms with van der Waals surface area (Å²) in [5, 5.41) is 27.8. The minimum absolute atomic E-state index is 0.0848. The number of amides is 3. The third-order valence-corrected chi connectivity index (χ3v) is 7.77. The molecule has 1 aliphatic heterocycles. The van der Waals surface area contributed by atoms with Gasteiger partial charge in [0.15, 0.2) is 5.82 Å². The van der Waals surface area contributed by atoms with Crippen molar-refractivity contribution in [3.05, 3.63) is 75.6 Å². The minimum Gasteiger partial charge on any atom is -0.366 e. The molecule has 2 aliphatic rings. The molecule has 12 heteroatoms. The van der Waals surface area contributed by atoms with Gasteiger partial charge in [-0.15, -0.1) is 10.2 Å². The van der Waals surface area contributed by atoms with E-state index in [1.807, 2.05) is 12.1 Å². The summed E-state index contributed by atoms with van der Waals surface area (Å²) in [5.41, 5.74) is 14.6. The highest BCUT2D eigenvalue weighted by Crippen LogP contribution is 2.46. The zero-order valence-electron chi connectivity index (χ0n) is 21.3. The van der Waals surface area contributed by atoms with Crippen LogP contribution >= 0.6 is 0 Å². The lowest BCUT2D eigenvalue weighted by Crippen LogP contribution is -2.42. The van der Waals surface area contributed by atoms with Crippen molar-refractivity contribution >= 4 is 17.7 Å². The number of H-pyrrole nitrogens is 1. The van der Waals surface area contributed by atoms with Crippen molar-refractivity contribution in [1.29, 1.82) is 5.26 Å². The Bertz CT molecular complexity index is 1400. The molecule has 1 atom stereocenters. The Morgan fingerprint density at radius 2 is 1.72 bits per heavy atom. The second-order valence-electron chi connectivity index (χ2n) is 9.91. The van der Waals surface area contributed by atoms with Gasteiger partial charge in [0.25, 0.3) is 0 Å². The molecule has 0 saturated carbocycles. The second-order valence-corrected chi connectivity index (χ2v) is 9.91. The fraction of sp³-hybridized carbons (Fsp3) is 0.370. The Morgan fingerprint density at radius 3 is 2.26 bits per heavy atom. The number of nitrogens with two attached hydrogens (primary N) is 2. The zero-order chi connectivity index (χ0) is 27.6. The number of benzene rings is 2. The smallest absolute Gasteiger partial charge is 0.248 e. The maximum atomic E-state index is 12.8. The molecule has 2 aromatic carbocycles. The quantitative estimate of drug-likeness (QED) is 0.300. The zero-order valence-corrected chi connectivity index (χ0v) is 21.3. The number of hydrogen-bond donors (Lipinski definition) is 4. The van der Waals surface area contributed by atoms with Crippen molar-refractivity contribution < 1.29 is 14.4 Å². The number of aryl methyl sites for hydroxylation is 2. The molecule has 0 spiro atoms. The molecule has 1 aromatic heterocycles. The van der Waals surface area contributed by atoms with Crippen molar-refractivity contribution in [2.45, 2.75) is 43.6 Å². The molecule has 6 N–H and O–H groups in total. The second kappa shape index (κ2) is 10.6. The lowest BCUT2D eigenvalue weighted by Gasteiger charge is -2.34. The van der Waals surface area contributed by atoms with Crippen LogP contribution in [0.2, 0.25) is 0 Å². The van der Waals surface area contributed by atoms with Crippen LogP contribution in [-0.4, -0.2) is 68.9 Å². The van der Waals surface area contributed by atoms with E-state index in [-0.39, 0.29) is 18.5 Å². The maximum absolute atomic E-state index is 12.8. The van der Waals surface area contributed by atoms with Gasteiger partial charge in [-0.25, -0.2) is 0 Å². The molecule has 1 aliphatic carbocycles. The summed E-state index contributed by atoms with van der Waals surface area (Å²) in [6.07, 6.45) is 3.12. The fourth-order valence-corrected chi connectivity index (χ4v) is 5.89. The first-order valence-corrected chi connectivity index (χ1v) is 12.9. The Kier molecular flexibility index (Phi) is 7.08. The molecular formula is C27H29N9O3. The van der Waals surface area contributed by atoms with Crippen molar-refractivity contribution in [3.63, 3.8) is 0 Å². The van der Waals surface area contributed by atoms with Gasteiger partial charge in [0.05, 0.1) is 18.0 Å². The molecule has 0 radical (unpaired) electrons. The molecule has 2 heterocycles. The van der Waals surface area contributed by atoms with Crippen LogP contribution in [0.5, 0.6) is 0 Å². The van der Waals surface area contributed by atoms with Crippen LogP contribution in [0, 0.1) is 11.3 Å². The predicted octanol–water partition coefficient (Wildman–Crippen LogP) is 0.325. The summed E-state index contributed by atoms with van der Waals surface area (Å²) >= 11 is 0. The van der Waals surface area contributed by atoms with Crippen molar-refractivity contribution in [1.82, 2.24) is 30.8 Å². The number of fused-ring (bicyclic) bond motifs is 2. The molecule has 0 bridgehead atoms. The van der Waals surface area contributed by atoms with Gasteiger partial charge < -0.3 is 21.7 Å². The summed E-state index contributed by atoms with van der Waals surface area (Å²) in [6.45, 7) is 1.07. The van der Waals surface area contributed by atoms with Gasteiger partial charge in [0.2, 0.25) is 17.7 Å². The summed E-state index contributed by atoms with van der Waals surface area (Å²) in [7, 11) is 0. The molecule has 1 fully saturated rings. The van der Waals surface area contributed by atoms with E-state index in [0.29, 0.717) is 55.7 Å². The number of likely N-dealkylation sites (tertiary alicyclic amines) is 1. The largest absolute Gasteiger partial charge is 0.366 e. The molecule has 200 valence electrons. The summed E-state index contributed by atoms with van der Waals surface area (Å²) in [5.74, 6) is -0.758. The van der Waals surface area contributed by atoms with Crippen LogP contribution < -0.4 is 16.8 Å². The highest BCUT2D eigenvalue weighted by molar-refractivity contribution is 5.94.